The highest BCUT2D eigenvalue weighted by molar-refractivity contribution is 7.90. The summed E-state index contributed by atoms with van der Waals surface area (Å²) in [4.78, 5) is 0.891. The van der Waals surface area contributed by atoms with Gasteiger partial charge in [-0.1, -0.05) is 6.07 Å². The van der Waals surface area contributed by atoms with Crippen LogP contribution >= 0.6 is 11.3 Å². The van der Waals surface area contributed by atoms with Crippen molar-refractivity contribution in [2.45, 2.75) is 6.10 Å². The number of nitrogens with one attached hydrogen (secondary N) is 1. The summed E-state index contributed by atoms with van der Waals surface area (Å²) < 4.78 is 21.6. The SMILES string of the molecule is CS(=O)(=O)CCNCC(O)c1cccs1. The van der Waals surface area contributed by atoms with Crippen LogP contribution in [0.2, 0.25) is 0 Å². The van der Waals surface area contributed by atoms with E-state index in [-0.39, 0.29) is 5.75 Å². The van der Waals surface area contributed by atoms with Gasteiger partial charge in [0.25, 0.3) is 0 Å². The standard InChI is InChI=1S/C9H15NO3S2/c1-15(12,13)6-4-10-7-8(11)9-3-2-5-14-9/h2-3,5,8,10-11H,4,6-7H2,1H3. The molecule has 1 aromatic heterocycles. The Morgan fingerprint density at radius 3 is 2.87 bits per heavy atom. The maximum absolute atomic E-state index is 10.8. The Bertz CT molecular complexity index is 372. The Hall–Kier alpha value is -0.430. The average molecular weight is 249 g/mol. The molecule has 1 heterocycles. The van der Waals surface area contributed by atoms with E-state index in [1.165, 1.54) is 17.6 Å². The van der Waals surface area contributed by atoms with Crippen LogP contribution in [-0.2, 0) is 9.84 Å². The van der Waals surface area contributed by atoms with Gasteiger partial charge in [0.05, 0.1) is 5.75 Å². The van der Waals surface area contributed by atoms with Crippen molar-refractivity contribution in [1.82, 2.24) is 5.32 Å². The van der Waals surface area contributed by atoms with E-state index in [9.17, 15) is 13.5 Å². The number of hydrogen-bond acceptors (Lipinski definition) is 5. The van der Waals surface area contributed by atoms with Crippen LogP contribution in [0.3, 0.4) is 0 Å². The van der Waals surface area contributed by atoms with Crippen molar-refractivity contribution < 1.29 is 13.5 Å². The molecule has 15 heavy (non-hydrogen) atoms. The van der Waals surface area contributed by atoms with Gasteiger partial charge in [0.1, 0.15) is 15.9 Å². The minimum atomic E-state index is -2.92. The first-order valence-corrected chi connectivity index (χ1v) is 7.53. The molecule has 4 nitrogen and oxygen atoms in total. The first kappa shape index (κ1) is 12.6. The molecule has 0 saturated carbocycles. The Kier molecular flexibility index (Phi) is 4.72. The molecule has 1 unspecified atom stereocenters. The Labute approximate surface area is 93.9 Å². The lowest BCUT2D eigenvalue weighted by atomic mass is 10.3. The lowest BCUT2D eigenvalue weighted by molar-refractivity contribution is 0.179. The number of sulfone groups is 1. The number of aliphatic hydroxyl groups is 1. The highest BCUT2D eigenvalue weighted by atomic mass is 32.2. The lowest BCUT2D eigenvalue weighted by Gasteiger charge is -2.09. The molecule has 0 radical (unpaired) electrons. The number of hydrogen-bond donors (Lipinski definition) is 2. The lowest BCUT2D eigenvalue weighted by Crippen LogP contribution is -2.26. The summed E-state index contributed by atoms with van der Waals surface area (Å²) in [6.07, 6.45) is 0.647. The molecular formula is C9H15NO3S2. The molecule has 1 atom stereocenters. The highest BCUT2D eigenvalue weighted by Gasteiger charge is 2.08. The molecular weight excluding hydrogens is 234 g/mol. The molecule has 0 aliphatic rings. The predicted octanol–water partition coefficient (Wildman–Crippen LogP) is 0.416. The predicted molar refractivity (Wildman–Crippen MR) is 61.9 cm³/mol. The van der Waals surface area contributed by atoms with Crippen molar-refractivity contribution in [3.63, 3.8) is 0 Å². The average Bonchev–Trinajstić information content (AvgIpc) is 2.63. The molecule has 0 bridgehead atoms. The smallest absolute Gasteiger partial charge is 0.148 e. The summed E-state index contributed by atoms with van der Waals surface area (Å²) in [6.45, 7) is 0.761. The number of aliphatic hydroxyl groups excluding tert-OH is 1. The van der Waals surface area contributed by atoms with E-state index in [1.54, 1.807) is 0 Å². The summed E-state index contributed by atoms with van der Waals surface area (Å²) in [5, 5.41) is 14.4. The van der Waals surface area contributed by atoms with Crippen LogP contribution in [0.1, 0.15) is 11.0 Å². The number of rotatable bonds is 6. The second-order valence-electron chi connectivity index (χ2n) is 3.37. The summed E-state index contributed by atoms with van der Waals surface area (Å²) >= 11 is 1.49. The molecule has 0 aliphatic carbocycles. The first-order valence-electron chi connectivity index (χ1n) is 4.59. The third-order valence-electron chi connectivity index (χ3n) is 1.86. The zero-order chi connectivity index (χ0) is 11.3. The van der Waals surface area contributed by atoms with Crippen molar-refractivity contribution in [3.05, 3.63) is 22.4 Å². The molecule has 1 aromatic rings. The van der Waals surface area contributed by atoms with Gasteiger partial charge in [-0.15, -0.1) is 11.3 Å². The quantitative estimate of drug-likeness (QED) is 0.717. The topological polar surface area (TPSA) is 66.4 Å². The van der Waals surface area contributed by atoms with Crippen molar-refractivity contribution in [2.75, 3.05) is 25.1 Å². The van der Waals surface area contributed by atoms with Gasteiger partial charge in [-0.05, 0) is 11.4 Å². The molecule has 6 heteroatoms. The maximum Gasteiger partial charge on any atom is 0.148 e. The third-order valence-corrected chi connectivity index (χ3v) is 3.78. The van der Waals surface area contributed by atoms with Crippen molar-refractivity contribution in [3.8, 4) is 0 Å². The Balaban J connectivity index is 2.21. The summed E-state index contributed by atoms with van der Waals surface area (Å²) in [5.41, 5.74) is 0. The largest absolute Gasteiger partial charge is 0.386 e. The maximum atomic E-state index is 10.8. The van der Waals surface area contributed by atoms with Crippen molar-refractivity contribution in [1.29, 1.82) is 0 Å². The van der Waals surface area contributed by atoms with Gasteiger partial charge in [0, 0.05) is 24.2 Å². The van der Waals surface area contributed by atoms with E-state index in [0.717, 1.165) is 4.88 Å². The van der Waals surface area contributed by atoms with Crippen LogP contribution in [0.5, 0.6) is 0 Å². The van der Waals surface area contributed by atoms with Gasteiger partial charge in [0.15, 0.2) is 0 Å². The molecule has 0 aromatic carbocycles. The van der Waals surface area contributed by atoms with Gasteiger partial charge in [-0.25, -0.2) is 8.42 Å². The van der Waals surface area contributed by atoms with Crippen molar-refractivity contribution >= 4 is 21.2 Å². The van der Waals surface area contributed by atoms with Crippen molar-refractivity contribution in [2.24, 2.45) is 0 Å². The molecule has 86 valence electrons. The van der Waals surface area contributed by atoms with Crippen LogP contribution in [0, 0.1) is 0 Å². The van der Waals surface area contributed by atoms with Crippen LogP contribution in [0.15, 0.2) is 17.5 Å². The van der Waals surface area contributed by atoms with Gasteiger partial charge < -0.3 is 10.4 Å². The van der Waals surface area contributed by atoms with E-state index in [2.05, 4.69) is 5.32 Å². The van der Waals surface area contributed by atoms with Crippen LogP contribution in [-0.4, -0.2) is 38.6 Å². The van der Waals surface area contributed by atoms with Gasteiger partial charge >= 0.3 is 0 Å². The Morgan fingerprint density at radius 1 is 1.60 bits per heavy atom. The second-order valence-corrected chi connectivity index (χ2v) is 6.60. The monoisotopic (exact) mass is 249 g/mol. The molecule has 2 N–H and O–H groups in total. The highest BCUT2D eigenvalue weighted by Crippen LogP contribution is 2.17. The van der Waals surface area contributed by atoms with Gasteiger partial charge in [-0.3, -0.25) is 0 Å². The van der Waals surface area contributed by atoms with Crippen LogP contribution in [0.25, 0.3) is 0 Å². The fourth-order valence-electron chi connectivity index (χ4n) is 1.08. The first-order chi connectivity index (χ1) is 6.99. The number of thiophene rings is 1. The van der Waals surface area contributed by atoms with E-state index in [1.807, 2.05) is 17.5 Å². The molecule has 0 aliphatic heterocycles. The minimum Gasteiger partial charge on any atom is -0.386 e. The van der Waals surface area contributed by atoms with E-state index < -0.39 is 15.9 Å². The summed E-state index contributed by atoms with van der Waals surface area (Å²) in [7, 11) is -2.92. The fourth-order valence-corrected chi connectivity index (χ4v) is 2.30. The Morgan fingerprint density at radius 2 is 2.33 bits per heavy atom. The van der Waals surface area contributed by atoms with Gasteiger partial charge in [0.2, 0.25) is 0 Å². The minimum absolute atomic E-state index is 0.101. The fraction of sp³-hybridized carbons (Fsp3) is 0.556. The summed E-state index contributed by atoms with van der Waals surface area (Å²) in [6, 6.07) is 3.73. The third kappa shape index (κ3) is 5.27. The molecule has 1 rings (SSSR count). The van der Waals surface area contributed by atoms with Crippen LogP contribution in [0.4, 0.5) is 0 Å². The normalized spacial score (nSPS) is 14.0. The van der Waals surface area contributed by atoms with E-state index in [4.69, 9.17) is 0 Å². The van der Waals surface area contributed by atoms with E-state index in [0.29, 0.717) is 13.1 Å². The molecule has 0 spiro atoms. The van der Waals surface area contributed by atoms with E-state index >= 15 is 0 Å². The summed E-state index contributed by atoms with van der Waals surface area (Å²) in [5.74, 6) is 0.101. The van der Waals surface area contributed by atoms with Crippen LogP contribution < -0.4 is 5.32 Å². The molecule has 0 amide bonds. The zero-order valence-corrected chi connectivity index (χ0v) is 10.1. The molecule has 0 fully saturated rings. The zero-order valence-electron chi connectivity index (χ0n) is 8.51. The molecule has 0 saturated heterocycles. The second kappa shape index (κ2) is 5.60. The van der Waals surface area contributed by atoms with Gasteiger partial charge in [-0.2, -0.15) is 0 Å².